The lowest BCUT2D eigenvalue weighted by atomic mass is 9.93. The summed E-state index contributed by atoms with van der Waals surface area (Å²) in [5.74, 6) is 0.611. The highest BCUT2D eigenvalue weighted by atomic mass is 14.7. The van der Waals surface area contributed by atoms with Crippen molar-refractivity contribution < 1.29 is 0 Å². The van der Waals surface area contributed by atoms with E-state index in [-0.39, 0.29) is 0 Å². The number of fused-ring (bicyclic) bond motifs is 1. The van der Waals surface area contributed by atoms with Gasteiger partial charge in [-0.15, -0.1) is 0 Å². The van der Waals surface area contributed by atoms with Crippen molar-refractivity contribution >= 4 is 0 Å². The van der Waals surface area contributed by atoms with Gasteiger partial charge in [0.2, 0.25) is 0 Å². The van der Waals surface area contributed by atoms with Crippen LogP contribution in [0.25, 0.3) is 0 Å². The lowest BCUT2D eigenvalue weighted by molar-refractivity contribution is 0.663. The smallest absolute Gasteiger partial charge is 0.0435 e. The van der Waals surface area contributed by atoms with Crippen LogP contribution in [-0.2, 0) is 12.8 Å². The summed E-state index contributed by atoms with van der Waals surface area (Å²) in [5.41, 5.74) is 4.23. The van der Waals surface area contributed by atoms with Crippen molar-refractivity contribution in [3.05, 3.63) is 29.1 Å². The van der Waals surface area contributed by atoms with E-state index in [2.05, 4.69) is 44.9 Å². The van der Waals surface area contributed by atoms with Gasteiger partial charge in [0.1, 0.15) is 0 Å². The molecule has 0 N–H and O–H groups in total. The highest BCUT2D eigenvalue weighted by Gasteiger charge is 2.11. The summed E-state index contributed by atoms with van der Waals surface area (Å²) in [6.07, 6.45) is 8.39. The number of aromatic nitrogens is 1. The summed E-state index contributed by atoms with van der Waals surface area (Å²) in [7, 11) is 0. The van der Waals surface area contributed by atoms with Gasteiger partial charge in [-0.2, -0.15) is 0 Å². The molecule has 1 heteroatoms. The van der Waals surface area contributed by atoms with Gasteiger partial charge in [0.25, 0.3) is 0 Å². The molecular weight excluding hydrogens is 194 g/mol. The molecule has 0 amide bonds. The number of aryl methyl sites for hydroxylation is 2. The van der Waals surface area contributed by atoms with Crippen LogP contribution >= 0.6 is 0 Å². The first-order valence-electron chi connectivity index (χ1n) is 6.66. The molecule has 1 heterocycles. The fourth-order valence-electron chi connectivity index (χ4n) is 1.92. The van der Waals surface area contributed by atoms with Crippen LogP contribution in [0.1, 0.15) is 69.7 Å². The lowest BCUT2D eigenvalue weighted by Gasteiger charge is -2.16. The van der Waals surface area contributed by atoms with Crippen molar-refractivity contribution in [1.82, 2.24) is 4.98 Å². The number of pyridine rings is 1. The van der Waals surface area contributed by atoms with Gasteiger partial charge in [-0.1, -0.05) is 40.2 Å². The zero-order valence-electron chi connectivity index (χ0n) is 11.2. The van der Waals surface area contributed by atoms with Crippen molar-refractivity contribution in [3.8, 4) is 0 Å². The van der Waals surface area contributed by atoms with Gasteiger partial charge in [0, 0.05) is 11.9 Å². The van der Waals surface area contributed by atoms with Crippen LogP contribution in [0.2, 0.25) is 0 Å². The molecule has 0 radical (unpaired) electrons. The largest absolute Gasteiger partial charge is 0.261 e. The van der Waals surface area contributed by atoms with Crippen LogP contribution < -0.4 is 0 Å². The first-order valence-corrected chi connectivity index (χ1v) is 6.66. The zero-order chi connectivity index (χ0) is 12.0. The van der Waals surface area contributed by atoms with E-state index in [4.69, 9.17) is 0 Å². The Kier molecular flexibility index (Phi) is 5.51. The molecule has 0 aliphatic heterocycles. The number of rotatable bonds is 1. The van der Waals surface area contributed by atoms with E-state index in [1.54, 1.807) is 0 Å². The average molecular weight is 219 g/mol. The van der Waals surface area contributed by atoms with E-state index in [0.717, 1.165) is 0 Å². The SMILES string of the molecule is CC(C)c1cnc2c(c1)CCCC2.CCC. The zero-order valence-corrected chi connectivity index (χ0v) is 11.2. The molecule has 0 spiro atoms. The Morgan fingerprint density at radius 1 is 1.19 bits per heavy atom. The van der Waals surface area contributed by atoms with Crippen molar-refractivity contribution in [1.29, 1.82) is 0 Å². The van der Waals surface area contributed by atoms with Gasteiger partial charge >= 0.3 is 0 Å². The van der Waals surface area contributed by atoms with Gasteiger partial charge in [0.05, 0.1) is 0 Å². The van der Waals surface area contributed by atoms with E-state index in [1.807, 2.05) is 0 Å². The van der Waals surface area contributed by atoms with Gasteiger partial charge in [0.15, 0.2) is 0 Å². The molecule has 0 saturated heterocycles. The maximum Gasteiger partial charge on any atom is 0.0435 e. The highest BCUT2D eigenvalue weighted by molar-refractivity contribution is 5.28. The average Bonchev–Trinajstić information content (AvgIpc) is 2.29. The predicted molar refractivity (Wildman–Crippen MR) is 70.9 cm³/mol. The summed E-state index contributed by atoms with van der Waals surface area (Å²) in [6.45, 7) is 8.71. The van der Waals surface area contributed by atoms with Gasteiger partial charge < -0.3 is 0 Å². The summed E-state index contributed by atoms with van der Waals surface area (Å²) < 4.78 is 0. The molecule has 0 fully saturated rings. The fraction of sp³-hybridized carbons (Fsp3) is 0.667. The normalized spacial score (nSPS) is 14.1. The van der Waals surface area contributed by atoms with Crippen molar-refractivity contribution in [2.75, 3.05) is 0 Å². The molecular formula is C15H25N. The maximum absolute atomic E-state index is 4.54. The second kappa shape index (κ2) is 6.67. The third kappa shape index (κ3) is 3.62. The number of hydrogen-bond donors (Lipinski definition) is 0. The van der Waals surface area contributed by atoms with Gasteiger partial charge in [-0.05, 0) is 42.7 Å². The molecule has 1 aromatic rings. The van der Waals surface area contributed by atoms with Gasteiger partial charge in [-0.3, -0.25) is 4.98 Å². The molecule has 90 valence electrons. The van der Waals surface area contributed by atoms with E-state index < -0.39 is 0 Å². The minimum Gasteiger partial charge on any atom is -0.261 e. The van der Waals surface area contributed by atoms with E-state index >= 15 is 0 Å². The monoisotopic (exact) mass is 219 g/mol. The quantitative estimate of drug-likeness (QED) is 0.677. The van der Waals surface area contributed by atoms with E-state index in [0.29, 0.717) is 5.92 Å². The molecule has 0 bridgehead atoms. The molecule has 2 rings (SSSR count). The molecule has 0 aromatic carbocycles. The Morgan fingerprint density at radius 3 is 2.44 bits per heavy atom. The van der Waals surface area contributed by atoms with Crippen LogP contribution in [0.3, 0.4) is 0 Å². The maximum atomic E-state index is 4.54. The fourth-order valence-corrected chi connectivity index (χ4v) is 1.92. The lowest BCUT2D eigenvalue weighted by Crippen LogP contribution is -2.06. The Labute approximate surface area is 100 Å². The topological polar surface area (TPSA) is 12.9 Å². The molecule has 16 heavy (non-hydrogen) atoms. The van der Waals surface area contributed by atoms with Crippen LogP contribution in [0.15, 0.2) is 12.3 Å². The van der Waals surface area contributed by atoms with Crippen LogP contribution in [0.5, 0.6) is 0 Å². The summed E-state index contributed by atoms with van der Waals surface area (Å²) in [5, 5.41) is 0. The van der Waals surface area contributed by atoms with Crippen LogP contribution in [0.4, 0.5) is 0 Å². The standard InChI is InChI=1S/C12H17N.C3H8/c1-9(2)11-7-10-5-3-4-6-12(10)13-8-11;1-3-2/h7-9H,3-6H2,1-2H3;3H2,1-2H3. The summed E-state index contributed by atoms with van der Waals surface area (Å²) in [6, 6.07) is 2.35. The molecule has 0 saturated carbocycles. The van der Waals surface area contributed by atoms with Crippen molar-refractivity contribution in [2.45, 2.75) is 65.7 Å². The third-order valence-corrected chi connectivity index (χ3v) is 2.86. The van der Waals surface area contributed by atoms with E-state index in [1.165, 1.54) is 48.9 Å². The minimum absolute atomic E-state index is 0.611. The minimum atomic E-state index is 0.611. The first kappa shape index (κ1) is 13.2. The second-order valence-corrected chi connectivity index (χ2v) is 4.94. The molecule has 1 aliphatic carbocycles. The third-order valence-electron chi connectivity index (χ3n) is 2.86. The first-order chi connectivity index (χ1) is 7.69. The van der Waals surface area contributed by atoms with Crippen molar-refractivity contribution in [3.63, 3.8) is 0 Å². The summed E-state index contributed by atoms with van der Waals surface area (Å²) >= 11 is 0. The van der Waals surface area contributed by atoms with E-state index in [9.17, 15) is 0 Å². The predicted octanol–water partition coefficient (Wildman–Crippen LogP) is 4.50. The molecule has 1 aliphatic rings. The van der Waals surface area contributed by atoms with Crippen LogP contribution in [0, 0.1) is 0 Å². The molecule has 0 unspecified atom stereocenters. The summed E-state index contributed by atoms with van der Waals surface area (Å²) in [4.78, 5) is 4.54. The Morgan fingerprint density at radius 2 is 1.81 bits per heavy atom. The van der Waals surface area contributed by atoms with Crippen LogP contribution in [-0.4, -0.2) is 4.98 Å². The Hall–Kier alpha value is -0.850. The Bertz CT molecular complexity index is 315. The number of nitrogens with zero attached hydrogens (tertiary/aromatic N) is 1. The Balaban J connectivity index is 0.000000386. The molecule has 1 nitrogen and oxygen atoms in total. The second-order valence-electron chi connectivity index (χ2n) is 4.94. The van der Waals surface area contributed by atoms with Crippen molar-refractivity contribution in [2.24, 2.45) is 0 Å². The number of hydrogen-bond acceptors (Lipinski definition) is 1. The highest BCUT2D eigenvalue weighted by Crippen LogP contribution is 2.22. The molecule has 1 aromatic heterocycles. The molecule has 0 atom stereocenters. The van der Waals surface area contributed by atoms with Gasteiger partial charge in [-0.25, -0.2) is 0 Å².